The van der Waals surface area contributed by atoms with E-state index in [9.17, 15) is 0 Å². The van der Waals surface area contributed by atoms with Crippen LogP contribution in [0.5, 0.6) is 0 Å². The zero-order valence-corrected chi connectivity index (χ0v) is 15.8. The van der Waals surface area contributed by atoms with Gasteiger partial charge in [0.2, 0.25) is 0 Å². The number of rotatable bonds is 5. The zero-order valence-electron chi connectivity index (χ0n) is 15.8. The Hall–Kier alpha value is -2.34. The maximum Gasteiger partial charge on any atom is -0.0140 e. The van der Waals surface area contributed by atoms with Crippen molar-refractivity contribution in [2.45, 2.75) is 46.5 Å². The minimum Gasteiger partial charge on any atom is -0.0654 e. The van der Waals surface area contributed by atoms with E-state index >= 15 is 0 Å². The number of hydrogen-bond acceptors (Lipinski definition) is 0. The van der Waals surface area contributed by atoms with Crippen molar-refractivity contribution in [3.63, 3.8) is 0 Å². The Morgan fingerprint density at radius 3 is 2.04 bits per heavy atom. The monoisotopic (exact) mass is 328 g/mol. The van der Waals surface area contributed by atoms with Crippen LogP contribution < -0.4 is 0 Å². The molecule has 0 aromatic heterocycles. The van der Waals surface area contributed by atoms with Crippen molar-refractivity contribution in [2.75, 3.05) is 0 Å². The minimum absolute atomic E-state index is 0.539. The molecule has 0 nitrogen and oxygen atoms in total. The second-order valence-corrected chi connectivity index (χ2v) is 7.14. The number of benzene rings is 3. The molecule has 0 aliphatic rings. The molecule has 0 heterocycles. The molecule has 0 aliphatic heterocycles. The molecule has 0 N–H and O–H groups in total. The summed E-state index contributed by atoms with van der Waals surface area (Å²) in [5.41, 5.74) is 9.57. The van der Waals surface area contributed by atoms with Crippen LogP contribution in [0.4, 0.5) is 0 Å². The quantitative estimate of drug-likeness (QED) is 0.454. The predicted molar refractivity (Wildman–Crippen MR) is 110 cm³/mol. The summed E-state index contributed by atoms with van der Waals surface area (Å²) < 4.78 is 0. The highest BCUT2D eigenvalue weighted by Crippen LogP contribution is 2.40. The standard InChI is InChI=1S/C25H28/c1-5-9-20(4)25-23(21-16-14-18(2)15-17-21)12-8-13-24(25)22-11-7-6-10-19(22)3/h6-8,10-17,20H,5,9H2,1-4H3. The summed E-state index contributed by atoms with van der Waals surface area (Å²) in [7, 11) is 0. The Kier molecular flexibility index (Phi) is 5.38. The van der Waals surface area contributed by atoms with E-state index in [-0.39, 0.29) is 0 Å². The molecule has 0 saturated heterocycles. The van der Waals surface area contributed by atoms with E-state index < -0.39 is 0 Å². The van der Waals surface area contributed by atoms with Crippen molar-refractivity contribution in [1.82, 2.24) is 0 Å². The third-order valence-electron chi connectivity index (χ3n) is 5.12. The second-order valence-electron chi connectivity index (χ2n) is 7.14. The van der Waals surface area contributed by atoms with Crippen molar-refractivity contribution >= 4 is 0 Å². The summed E-state index contributed by atoms with van der Waals surface area (Å²) in [6.07, 6.45) is 2.42. The van der Waals surface area contributed by atoms with Crippen molar-refractivity contribution < 1.29 is 0 Å². The summed E-state index contributed by atoms with van der Waals surface area (Å²) in [4.78, 5) is 0. The molecule has 3 aromatic carbocycles. The summed E-state index contributed by atoms with van der Waals surface area (Å²) in [5, 5.41) is 0. The summed E-state index contributed by atoms with van der Waals surface area (Å²) >= 11 is 0. The molecule has 0 spiro atoms. The Labute approximate surface area is 152 Å². The zero-order chi connectivity index (χ0) is 17.8. The van der Waals surface area contributed by atoms with Crippen LogP contribution in [0.25, 0.3) is 22.3 Å². The fourth-order valence-electron chi connectivity index (χ4n) is 3.77. The lowest BCUT2D eigenvalue weighted by molar-refractivity contribution is 0.667. The first-order chi connectivity index (χ1) is 12.1. The topological polar surface area (TPSA) is 0 Å². The van der Waals surface area contributed by atoms with Crippen LogP contribution in [0, 0.1) is 13.8 Å². The van der Waals surface area contributed by atoms with Crippen molar-refractivity contribution in [3.8, 4) is 22.3 Å². The Balaban J connectivity index is 2.24. The molecule has 128 valence electrons. The average Bonchev–Trinajstić information content (AvgIpc) is 2.62. The van der Waals surface area contributed by atoms with Crippen LogP contribution in [0.15, 0.2) is 66.7 Å². The fraction of sp³-hybridized carbons (Fsp3) is 0.280. The summed E-state index contributed by atoms with van der Waals surface area (Å²) in [5.74, 6) is 0.539. The Bertz CT molecular complexity index is 840. The van der Waals surface area contributed by atoms with Gasteiger partial charge in [0, 0.05) is 0 Å². The van der Waals surface area contributed by atoms with Crippen LogP contribution in [-0.4, -0.2) is 0 Å². The van der Waals surface area contributed by atoms with Gasteiger partial charge < -0.3 is 0 Å². The maximum absolute atomic E-state index is 2.37. The highest BCUT2D eigenvalue weighted by molar-refractivity contribution is 5.80. The van der Waals surface area contributed by atoms with Gasteiger partial charge in [-0.2, -0.15) is 0 Å². The molecule has 1 unspecified atom stereocenters. The van der Waals surface area contributed by atoms with Crippen LogP contribution in [0.1, 0.15) is 49.3 Å². The number of aryl methyl sites for hydroxylation is 2. The third-order valence-corrected chi connectivity index (χ3v) is 5.12. The summed E-state index contributed by atoms with van der Waals surface area (Å²) in [6.45, 7) is 9.01. The molecule has 0 saturated carbocycles. The highest BCUT2D eigenvalue weighted by atomic mass is 14.2. The van der Waals surface area contributed by atoms with E-state index in [0.29, 0.717) is 5.92 Å². The van der Waals surface area contributed by atoms with Gasteiger partial charge in [0.15, 0.2) is 0 Å². The molecule has 0 heteroatoms. The molecule has 0 bridgehead atoms. The first-order valence-corrected chi connectivity index (χ1v) is 9.37. The van der Waals surface area contributed by atoms with Gasteiger partial charge in [-0.1, -0.05) is 92.6 Å². The molecule has 3 aromatic rings. The Morgan fingerprint density at radius 2 is 1.36 bits per heavy atom. The lowest BCUT2D eigenvalue weighted by Crippen LogP contribution is -2.01. The molecule has 0 fully saturated rings. The smallest absolute Gasteiger partial charge is 0.0140 e. The van der Waals surface area contributed by atoms with E-state index in [1.165, 1.54) is 51.8 Å². The molecule has 0 aliphatic carbocycles. The molecule has 0 amide bonds. The first kappa shape index (κ1) is 17.5. The van der Waals surface area contributed by atoms with E-state index in [0.717, 1.165) is 0 Å². The van der Waals surface area contributed by atoms with Crippen LogP contribution in [0.3, 0.4) is 0 Å². The van der Waals surface area contributed by atoms with Gasteiger partial charge in [-0.25, -0.2) is 0 Å². The first-order valence-electron chi connectivity index (χ1n) is 9.37. The molecule has 1 atom stereocenters. The van der Waals surface area contributed by atoms with Crippen LogP contribution in [-0.2, 0) is 0 Å². The molecule has 3 rings (SSSR count). The van der Waals surface area contributed by atoms with Gasteiger partial charge in [0.25, 0.3) is 0 Å². The lowest BCUT2D eigenvalue weighted by Gasteiger charge is -2.22. The van der Waals surface area contributed by atoms with E-state index in [2.05, 4.69) is 94.4 Å². The SMILES string of the molecule is CCCC(C)c1c(-c2ccc(C)cc2)cccc1-c1ccccc1C. The van der Waals surface area contributed by atoms with E-state index in [1.54, 1.807) is 0 Å². The largest absolute Gasteiger partial charge is 0.0654 e. The molecule has 0 radical (unpaired) electrons. The van der Waals surface area contributed by atoms with E-state index in [4.69, 9.17) is 0 Å². The predicted octanol–water partition coefficient (Wildman–Crippen LogP) is 7.54. The van der Waals surface area contributed by atoms with Crippen molar-refractivity contribution in [3.05, 3.63) is 83.4 Å². The minimum atomic E-state index is 0.539. The summed E-state index contributed by atoms with van der Waals surface area (Å²) in [6, 6.07) is 24.5. The van der Waals surface area contributed by atoms with Crippen LogP contribution >= 0.6 is 0 Å². The van der Waals surface area contributed by atoms with Gasteiger partial charge in [0.1, 0.15) is 0 Å². The van der Waals surface area contributed by atoms with Crippen molar-refractivity contribution in [2.24, 2.45) is 0 Å². The Morgan fingerprint density at radius 1 is 0.720 bits per heavy atom. The van der Waals surface area contributed by atoms with Gasteiger partial charge in [0.05, 0.1) is 0 Å². The second kappa shape index (κ2) is 7.70. The van der Waals surface area contributed by atoms with Gasteiger partial charge in [-0.05, 0) is 59.6 Å². The molecule has 25 heavy (non-hydrogen) atoms. The normalized spacial score (nSPS) is 12.2. The maximum atomic E-state index is 2.37. The van der Waals surface area contributed by atoms with Gasteiger partial charge in [-0.15, -0.1) is 0 Å². The highest BCUT2D eigenvalue weighted by Gasteiger charge is 2.17. The fourth-order valence-corrected chi connectivity index (χ4v) is 3.77. The van der Waals surface area contributed by atoms with Gasteiger partial charge >= 0.3 is 0 Å². The molecular formula is C25H28. The van der Waals surface area contributed by atoms with Gasteiger partial charge in [-0.3, -0.25) is 0 Å². The third kappa shape index (κ3) is 3.69. The molecular weight excluding hydrogens is 300 g/mol. The lowest BCUT2D eigenvalue weighted by atomic mass is 9.82. The van der Waals surface area contributed by atoms with Crippen molar-refractivity contribution in [1.29, 1.82) is 0 Å². The van der Waals surface area contributed by atoms with Crippen LogP contribution in [0.2, 0.25) is 0 Å². The average molecular weight is 328 g/mol. The number of hydrogen-bond donors (Lipinski definition) is 0. The van der Waals surface area contributed by atoms with E-state index in [1.807, 2.05) is 0 Å².